The maximum atomic E-state index is 12.8. The molecule has 20 heavy (non-hydrogen) atoms. The van der Waals surface area contributed by atoms with Crippen LogP contribution < -0.4 is 0 Å². The summed E-state index contributed by atoms with van der Waals surface area (Å²) in [7, 11) is 0. The lowest BCUT2D eigenvalue weighted by molar-refractivity contribution is -0.137. The molecule has 0 spiro atoms. The molecule has 0 bridgehead atoms. The van der Waals surface area contributed by atoms with Crippen molar-refractivity contribution in [3.63, 3.8) is 0 Å². The maximum absolute atomic E-state index is 12.8. The minimum Gasteiger partial charge on any atom is -0.321 e. The zero-order chi connectivity index (χ0) is 14.5. The molecule has 2 nitrogen and oxygen atoms in total. The molecule has 3 rings (SSSR count). The molecule has 6 heteroatoms. The van der Waals surface area contributed by atoms with E-state index in [-0.39, 0.29) is 11.4 Å². The number of benzene rings is 1. The number of aromatic nitrogens is 2. The summed E-state index contributed by atoms with van der Waals surface area (Å²) in [6.07, 6.45) is -1.22. The quantitative estimate of drug-likeness (QED) is 0.736. The average Bonchev–Trinajstić information content (AvgIpc) is 2.72. The van der Waals surface area contributed by atoms with Gasteiger partial charge in [0.1, 0.15) is 5.82 Å². The first-order valence-electron chi connectivity index (χ1n) is 6.50. The highest BCUT2D eigenvalue weighted by Gasteiger charge is 2.37. The molecule has 1 fully saturated rings. The molecule has 0 N–H and O–H groups in total. The van der Waals surface area contributed by atoms with Crippen molar-refractivity contribution in [3.05, 3.63) is 29.6 Å². The van der Waals surface area contributed by atoms with Crippen molar-refractivity contribution in [1.82, 2.24) is 9.55 Å². The van der Waals surface area contributed by atoms with Gasteiger partial charge in [0.2, 0.25) is 0 Å². The van der Waals surface area contributed by atoms with E-state index in [0.29, 0.717) is 11.3 Å². The number of imidazole rings is 1. The number of halogens is 4. The lowest BCUT2D eigenvalue weighted by atomic mass is 9.78. The van der Waals surface area contributed by atoms with E-state index in [4.69, 9.17) is 11.6 Å². The van der Waals surface area contributed by atoms with Crippen molar-refractivity contribution >= 4 is 22.6 Å². The van der Waals surface area contributed by atoms with E-state index in [1.807, 2.05) is 4.57 Å². The monoisotopic (exact) mass is 302 g/mol. The predicted molar refractivity (Wildman–Crippen MR) is 71.8 cm³/mol. The third-order valence-electron chi connectivity index (χ3n) is 4.14. The smallest absolute Gasteiger partial charge is 0.321 e. The fraction of sp³-hybridized carbons (Fsp3) is 0.500. The Morgan fingerprint density at radius 3 is 2.55 bits per heavy atom. The molecule has 1 aliphatic carbocycles. The molecule has 0 atom stereocenters. The van der Waals surface area contributed by atoms with Gasteiger partial charge in [-0.05, 0) is 44.4 Å². The number of fused-ring (bicyclic) bond motifs is 1. The van der Waals surface area contributed by atoms with Crippen molar-refractivity contribution in [2.45, 2.75) is 43.8 Å². The zero-order valence-electron chi connectivity index (χ0n) is 11.0. The van der Waals surface area contributed by atoms with Crippen LogP contribution in [-0.4, -0.2) is 9.55 Å². The Labute approximate surface area is 119 Å². The molecule has 108 valence electrons. The highest BCUT2D eigenvalue weighted by molar-refractivity contribution is 6.16. The highest BCUT2D eigenvalue weighted by atomic mass is 35.5. The summed E-state index contributed by atoms with van der Waals surface area (Å²) < 4.78 is 40.3. The van der Waals surface area contributed by atoms with Gasteiger partial charge in [-0.25, -0.2) is 4.98 Å². The normalized spacial score (nSPS) is 18.2. The van der Waals surface area contributed by atoms with Crippen molar-refractivity contribution in [2.24, 2.45) is 0 Å². The number of rotatable bonds is 2. The summed E-state index contributed by atoms with van der Waals surface area (Å²) in [6, 6.07) is 3.72. The highest BCUT2D eigenvalue weighted by Crippen LogP contribution is 2.42. The van der Waals surface area contributed by atoms with Crippen LogP contribution in [0.4, 0.5) is 13.2 Å². The van der Waals surface area contributed by atoms with E-state index in [9.17, 15) is 13.2 Å². The first-order chi connectivity index (χ1) is 9.35. The van der Waals surface area contributed by atoms with Gasteiger partial charge in [-0.1, -0.05) is 0 Å². The largest absolute Gasteiger partial charge is 0.416 e. The second kappa shape index (κ2) is 4.38. The van der Waals surface area contributed by atoms with E-state index in [0.717, 1.165) is 36.9 Å². The second-order valence-electron chi connectivity index (χ2n) is 5.55. The average molecular weight is 303 g/mol. The van der Waals surface area contributed by atoms with Gasteiger partial charge in [0.15, 0.2) is 0 Å². The van der Waals surface area contributed by atoms with Crippen LogP contribution >= 0.6 is 11.6 Å². The van der Waals surface area contributed by atoms with Crippen molar-refractivity contribution in [1.29, 1.82) is 0 Å². The van der Waals surface area contributed by atoms with E-state index in [1.165, 1.54) is 6.07 Å². The molecule has 1 aliphatic rings. The summed E-state index contributed by atoms with van der Waals surface area (Å²) in [5.74, 6) is 0.842. The van der Waals surface area contributed by atoms with Crippen LogP contribution in [0.3, 0.4) is 0 Å². The molecule has 1 aromatic heterocycles. The molecule has 1 saturated carbocycles. The predicted octanol–water partition coefficient (Wildman–Crippen LogP) is 4.69. The Bertz CT molecular complexity index is 656. The Hall–Kier alpha value is -1.23. The van der Waals surface area contributed by atoms with Crippen LogP contribution in [0.1, 0.15) is 37.6 Å². The molecule has 0 unspecified atom stereocenters. The number of hydrogen-bond donors (Lipinski definition) is 0. The van der Waals surface area contributed by atoms with Gasteiger partial charge in [0.05, 0.1) is 22.5 Å². The standard InChI is InChI=1S/C14H14ClF3N2/c1-13(5-2-6-13)20-11-4-3-9(14(16,17)18)7-10(11)19-12(20)8-15/h3-4,7H,2,5-6,8H2,1H3. The van der Waals surface area contributed by atoms with Gasteiger partial charge >= 0.3 is 6.18 Å². The molecule has 1 heterocycles. The Kier molecular flexibility index (Phi) is 3.01. The molecule has 0 amide bonds. The fourth-order valence-corrected chi connectivity index (χ4v) is 3.09. The van der Waals surface area contributed by atoms with Crippen molar-refractivity contribution in [2.75, 3.05) is 0 Å². The van der Waals surface area contributed by atoms with Crippen LogP contribution in [0.25, 0.3) is 11.0 Å². The molecular formula is C14H14ClF3N2. The SMILES string of the molecule is CC1(n2c(CCl)nc3cc(C(F)(F)F)ccc32)CCC1. The maximum Gasteiger partial charge on any atom is 0.416 e. The van der Waals surface area contributed by atoms with Gasteiger partial charge in [0.25, 0.3) is 0 Å². The van der Waals surface area contributed by atoms with Gasteiger partial charge in [-0.3, -0.25) is 0 Å². The number of hydrogen-bond acceptors (Lipinski definition) is 1. The minimum atomic E-state index is -4.35. The number of nitrogens with zero attached hydrogens (tertiary/aromatic N) is 2. The molecule has 0 saturated heterocycles. The van der Waals surface area contributed by atoms with Crippen LogP contribution in [-0.2, 0) is 17.6 Å². The Morgan fingerprint density at radius 1 is 1.35 bits per heavy atom. The van der Waals surface area contributed by atoms with Crippen LogP contribution in [0.2, 0.25) is 0 Å². The van der Waals surface area contributed by atoms with Crippen LogP contribution in [0.15, 0.2) is 18.2 Å². The Balaban J connectivity index is 2.20. The number of alkyl halides is 4. The second-order valence-corrected chi connectivity index (χ2v) is 5.82. The Morgan fingerprint density at radius 2 is 2.05 bits per heavy atom. The third-order valence-corrected chi connectivity index (χ3v) is 4.38. The first kappa shape index (κ1) is 13.7. The summed E-state index contributed by atoms with van der Waals surface area (Å²) >= 11 is 5.91. The summed E-state index contributed by atoms with van der Waals surface area (Å²) in [5.41, 5.74) is 0.354. The minimum absolute atomic E-state index is 0.0707. The summed E-state index contributed by atoms with van der Waals surface area (Å²) in [4.78, 5) is 4.28. The topological polar surface area (TPSA) is 17.8 Å². The van der Waals surface area contributed by atoms with Crippen molar-refractivity contribution < 1.29 is 13.2 Å². The fourth-order valence-electron chi connectivity index (χ4n) is 2.91. The van der Waals surface area contributed by atoms with Gasteiger partial charge in [-0.2, -0.15) is 13.2 Å². The van der Waals surface area contributed by atoms with Crippen LogP contribution in [0.5, 0.6) is 0 Å². The third kappa shape index (κ3) is 1.99. The molecular weight excluding hydrogens is 289 g/mol. The molecule has 0 radical (unpaired) electrons. The molecule has 0 aliphatic heterocycles. The zero-order valence-corrected chi connectivity index (χ0v) is 11.7. The van der Waals surface area contributed by atoms with Gasteiger partial charge in [0, 0.05) is 5.54 Å². The van der Waals surface area contributed by atoms with Crippen molar-refractivity contribution in [3.8, 4) is 0 Å². The lowest BCUT2D eigenvalue weighted by Crippen LogP contribution is -2.38. The molecule has 2 aromatic rings. The van der Waals surface area contributed by atoms with Gasteiger partial charge < -0.3 is 4.57 Å². The van der Waals surface area contributed by atoms with E-state index < -0.39 is 11.7 Å². The van der Waals surface area contributed by atoms with Gasteiger partial charge in [-0.15, -0.1) is 11.6 Å². The lowest BCUT2D eigenvalue weighted by Gasteiger charge is -2.41. The summed E-state index contributed by atoms with van der Waals surface area (Å²) in [5, 5.41) is 0. The molecule has 1 aromatic carbocycles. The summed E-state index contributed by atoms with van der Waals surface area (Å²) in [6.45, 7) is 2.10. The van der Waals surface area contributed by atoms with E-state index >= 15 is 0 Å². The van der Waals surface area contributed by atoms with E-state index in [1.54, 1.807) is 0 Å². The van der Waals surface area contributed by atoms with Crippen LogP contribution in [0, 0.1) is 0 Å². The van der Waals surface area contributed by atoms with E-state index in [2.05, 4.69) is 11.9 Å². The first-order valence-corrected chi connectivity index (χ1v) is 7.04.